The van der Waals surface area contributed by atoms with Crippen molar-refractivity contribution in [3.05, 3.63) is 35.1 Å². The van der Waals surface area contributed by atoms with Gasteiger partial charge >= 0.3 is 0 Å². The van der Waals surface area contributed by atoms with Crippen LogP contribution in [0.1, 0.15) is 50.1 Å². The van der Waals surface area contributed by atoms with Crippen molar-refractivity contribution >= 4 is 0 Å². The molecular weight excluding hydrogens is 253 g/mol. The molecule has 0 aliphatic heterocycles. The van der Waals surface area contributed by atoms with E-state index < -0.39 is 23.5 Å². The third-order valence-electron chi connectivity index (χ3n) is 3.91. The van der Waals surface area contributed by atoms with Gasteiger partial charge in [-0.05, 0) is 18.8 Å². The average Bonchev–Trinajstić information content (AvgIpc) is 2.62. The normalized spacial score (nSPS) is 19.2. The molecule has 0 aromatic heterocycles. The molecule has 0 amide bonds. The van der Waals surface area contributed by atoms with Gasteiger partial charge in [-0.3, -0.25) is 11.3 Å². The van der Waals surface area contributed by atoms with Gasteiger partial charge in [-0.1, -0.05) is 25.7 Å². The van der Waals surface area contributed by atoms with Crippen LogP contribution in [0.15, 0.2) is 12.1 Å². The number of benzene rings is 1. The van der Waals surface area contributed by atoms with E-state index in [0.717, 1.165) is 38.5 Å². The van der Waals surface area contributed by atoms with E-state index in [1.165, 1.54) is 0 Å². The molecule has 3 N–H and O–H groups in total. The first-order valence-corrected chi connectivity index (χ1v) is 6.74. The van der Waals surface area contributed by atoms with E-state index in [9.17, 15) is 13.2 Å². The van der Waals surface area contributed by atoms with Crippen molar-refractivity contribution < 1.29 is 13.2 Å². The summed E-state index contributed by atoms with van der Waals surface area (Å²) in [5.74, 6) is 2.92. The Kier molecular flexibility index (Phi) is 4.82. The van der Waals surface area contributed by atoms with E-state index in [1.54, 1.807) is 0 Å². The minimum absolute atomic E-state index is 0.0851. The zero-order valence-electron chi connectivity index (χ0n) is 10.8. The minimum Gasteiger partial charge on any atom is -0.271 e. The van der Waals surface area contributed by atoms with Crippen LogP contribution in [0.25, 0.3) is 0 Å². The summed E-state index contributed by atoms with van der Waals surface area (Å²) in [7, 11) is 0. The molecule has 1 unspecified atom stereocenters. The Balaban J connectivity index is 2.30. The summed E-state index contributed by atoms with van der Waals surface area (Å²) >= 11 is 0. The number of hydrogen-bond donors (Lipinski definition) is 2. The van der Waals surface area contributed by atoms with E-state index in [4.69, 9.17) is 5.84 Å². The lowest BCUT2D eigenvalue weighted by Gasteiger charge is -2.26. The quantitative estimate of drug-likeness (QED) is 0.501. The van der Waals surface area contributed by atoms with Crippen LogP contribution in [0.5, 0.6) is 0 Å². The first-order valence-electron chi connectivity index (χ1n) is 6.74. The predicted molar refractivity (Wildman–Crippen MR) is 67.6 cm³/mol. The third-order valence-corrected chi connectivity index (χ3v) is 3.91. The Labute approximate surface area is 111 Å². The molecule has 1 aliphatic rings. The molecule has 1 atom stereocenters. The smallest absolute Gasteiger partial charge is 0.133 e. The fourth-order valence-electron chi connectivity index (χ4n) is 2.95. The summed E-state index contributed by atoms with van der Waals surface area (Å²) in [6, 6.07) is 0.817. The number of hydrazine groups is 1. The molecule has 0 saturated heterocycles. The van der Waals surface area contributed by atoms with E-state index >= 15 is 0 Å². The molecular formula is C14H19F3N2. The molecule has 2 nitrogen and oxygen atoms in total. The van der Waals surface area contributed by atoms with E-state index in [1.807, 2.05) is 0 Å². The number of rotatable bonds is 3. The summed E-state index contributed by atoms with van der Waals surface area (Å²) in [5, 5.41) is 0. The Hall–Kier alpha value is -1.07. The summed E-state index contributed by atoms with van der Waals surface area (Å²) in [6.07, 6.45) is 6.11. The van der Waals surface area contributed by atoms with Gasteiger partial charge in [-0.15, -0.1) is 0 Å². The van der Waals surface area contributed by atoms with Gasteiger partial charge in [0.05, 0.1) is 6.04 Å². The van der Waals surface area contributed by atoms with Gasteiger partial charge in [0.15, 0.2) is 0 Å². The molecule has 1 fully saturated rings. The van der Waals surface area contributed by atoms with Gasteiger partial charge in [0.25, 0.3) is 0 Å². The van der Waals surface area contributed by atoms with Crippen LogP contribution in [0.3, 0.4) is 0 Å². The first-order chi connectivity index (χ1) is 9.13. The molecule has 0 spiro atoms. The highest BCUT2D eigenvalue weighted by Crippen LogP contribution is 2.35. The zero-order valence-corrected chi connectivity index (χ0v) is 10.8. The summed E-state index contributed by atoms with van der Waals surface area (Å²) < 4.78 is 40.6. The van der Waals surface area contributed by atoms with Crippen molar-refractivity contribution in [2.24, 2.45) is 11.8 Å². The van der Waals surface area contributed by atoms with Crippen molar-refractivity contribution in [1.29, 1.82) is 0 Å². The topological polar surface area (TPSA) is 38.0 Å². The van der Waals surface area contributed by atoms with Gasteiger partial charge in [0.2, 0.25) is 0 Å². The lowest BCUT2D eigenvalue weighted by molar-refractivity contribution is 0.311. The highest BCUT2D eigenvalue weighted by atomic mass is 19.1. The molecule has 2 rings (SSSR count). The lowest BCUT2D eigenvalue weighted by atomic mass is 9.87. The molecule has 5 heteroatoms. The summed E-state index contributed by atoms with van der Waals surface area (Å²) in [6.45, 7) is 0. The van der Waals surface area contributed by atoms with E-state index in [0.29, 0.717) is 12.1 Å². The van der Waals surface area contributed by atoms with Gasteiger partial charge in [-0.2, -0.15) is 0 Å². The Morgan fingerprint density at radius 1 is 1.00 bits per heavy atom. The van der Waals surface area contributed by atoms with Crippen molar-refractivity contribution in [1.82, 2.24) is 5.43 Å². The second-order valence-electron chi connectivity index (χ2n) is 5.18. The standard InChI is InChI=1S/C14H19F3N2/c15-10-7-11(16)13(12(17)8-10)14(19-18)9-5-3-1-2-4-6-9/h7-9,14,19H,1-6,18H2. The maximum Gasteiger partial charge on any atom is 0.133 e. The lowest BCUT2D eigenvalue weighted by Crippen LogP contribution is -2.35. The van der Waals surface area contributed by atoms with Crippen LogP contribution >= 0.6 is 0 Å². The average molecular weight is 272 g/mol. The zero-order chi connectivity index (χ0) is 13.8. The third kappa shape index (κ3) is 3.28. The van der Waals surface area contributed by atoms with Gasteiger partial charge in [0, 0.05) is 17.7 Å². The SMILES string of the molecule is NNC(c1c(F)cc(F)cc1F)C1CCCCCC1. The number of halogens is 3. The Morgan fingerprint density at radius 3 is 2.00 bits per heavy atom. The molecule has 0 heterocycles. The summed E-state index contributed by atoms with van der Waals surface area (Å²) in [4.78, 5) is 0. The van der Waals surface area contributed by atoms with Crippen molar-refractivity contribution in [3.63, 3.8) is 0 Å². The van der Waals surface area contributed by atoms with Crippen molar-refractivity contribution in [2.45, 2.75) is 44.6 Å². The highest BCUT2D eigenvalue weighted by Gasteiger charge is 2.28. The van der Waals surface area contributed by atoms with Crippen LogP contribution in [-0.2, 0) is 0 Å². The van der Waals surface area contributed by atoms with Crippen molar-refractivity contribution in [3.8, 4) is 0 Å². The Morgan fingerprint density at radius 2 is 1.53 bits per heavy atom. The maximum atomic E-state index is 13.8. The number of nitrogens with two attached hydrogens (primary N) is 1. The van der Waals surface area contributed by atoms with Crippen LogP contribution in [0.2, 0.25) is 0 Å². The molecule has 1 aromatic carbocycles. The fourth-order valence-corrected chi connectivity index (χ4v) is 2.95. The molecule has 19 heavy (non-hydrogen) atoms. The number of hydrogen-bond acceptors (Lipinski definition) is 2. The van der Waals surface area contributed by atoms with E-state index in [-0.39, 0.29) is 11.5 Å². The van der Waals surface area contributed by atoms with Gasteiger partial charge in [0.1, 0.15) is 17.5 Å². The predicted octanol–water partition coefficient (Wildman–Crippen LogP) is 3.58. The molecule has 1 saturated carbocycles. The van der Waals surface area contributed by atoms with Crippen LogP contribution < -0.4 is 11.3 Å². The highest BCUT2D eigenvalue weighted by molar-refractivity contribution is 5.25. The monoisotopic (exact) mass is 272 g/mol. The van der Waals surface area contributed by atoms with Crippen LogP contribution in [0.4, 0.5) is 13.2 Å². The van der Waals surface area contributed by atoms with Crippen molar-refractivity contribution in [2.75, 3.05) is 0 Å². The Bertz CT molecular complexity index is 406. The van der Waals surface area contributed by atoms with E-state index in [2.05, 4.69) is 5.43 Å². The van der Waals surface area contributed by atoms with Gasteiger partial charge in [-0.25, -0.2) is 13.2 Å². The molecule has 0 radical (unpaired) electrons. The second-order valence-corrected chi connectivity index (χ2v) is 5.18. The molecule has 1 aliphatic carbocycles. The summed E-state index contributed by atoms with van der Waals surface area (Å²) in [5.41, 5.74) is 2.37. The van der Waals surface area contributed by atoms with Crippen LogP contribution in [-0.4, -0.2) is 0 Å². The van der Waals surface area contributed by atoms with Crippen LogP contribution in [0, 0.1) is 23.4 Å². The second kappa shape index (κ2) is 6.39. The largest absolute Gasteiger partial charge is 0.271 e. The first kappa shape index (κ1) is 14.3. The maximum absolute atomic E-state index is 13.8. The molecule has 1 aromatic rings. The minimum atomic E-state index is -0.907. The molecule has 0 bridgehead atoms. The number of nitrogens with one attached hydrogen (secondary N) is 1. The fraction of sp³-hybridized carbons (Fsp3) is 0.571. The van der Waals surface area contributed by atoms with Gasteiger partial charge < -0.3 is 0 Å². The molecule has 106 valence electrons.